The van der Waals surface area contributed by atoms with Gasteiger partial charge in [-0.15, -0.1) is 11.3 Å². The first kappa shape index (κ1) is 13.6. The molecule has 0 unspecified atom stereocenters. The second-order valence-corrected chi connectivity index (χ2v) is 7.19. The zero-order valence-corrected chi connectivity index (χ0v) is 11.4. The van der Waals surface area contributed by atoms with Gasteiger partial charge in [-0.2, -0.15) is 0 Å². The lowest BCUT2D eigenvalue weighted by Crippen LogP contribution is -2.27. The second kappa shape index (κ2) is 5.41. The summed E-state index contributed by atoms with van der Waals surface area (Å²) in [4.78, 5) is 0. The maximum atomic E-state index is 11.8. The number of hydrogen-bond donors (Lipinski definition) is 2. The predicted molar refractivity (Wildman–Crippen MR) is 68.2 cm³/mol. The number of aliphatic hydroxyl groups is 1. The summed E-state index contributed by atoms with van der Waals surface area (Å²) >= 11 is 6.63. The van der Waals surface area contributed by atoms with Crippen LogP contribution < -0.4 is 4.72 Å². The van der Waals surface area contributed by atoms with Gasteiger partial charge in [-0.1, -0.05) is 11.6 Å². The summed E-state index contributed by atoms with van der Waals surface area (Å²) in [7, 11) is -3.63. The highest BCUT2D eigenvalue weighted by Crippen LogP contribution is 2.25. The van der Waals surface area contributed by atoms with Gasteiger partial charge < -0.3 is 9.52 Å². The number of sulfonamides is 1. The molecule has 5 nitrogen and oxygen atoms in total. The highest BCUT2D eigenvalue weighted by Gasteiger charge is 2.18. The lowest BCUT2D eigenvalue weighted by atomic mass is 10.2. The Morgan fingerprint density at radius 1 is 1.44 bits per heavy atom. The van der Waals surface area contributed by atoms with Crippen LogP contribution in [0.4, 0.5) is 0 Å². The van der Waals surface area contributed by atoms with Gasteiger partial charge in [0.05, 0.1) is 23.0 Å². The largest absolute Gasteiger partial charge is 0.472 e. The highest BCUT2D eigenvalue weighted by molar-refractivity contribution is 7.91. The van der Waals surface area contributed by atoms with Gasteiger partial charge in [-0.25, -0.2) is 13.1 Å². The summed E-state index contributed by atoms with van der Waals surface area (Å²) < 4.78 is 31.3. The molecule has 0 aliphatic rings. The van der Waals surface area contributed by atoms with Crippen LogP contribution in [0.3, 0.4) is 0 Å². The van der Waals surface area contributed by atoms with E-state index in [1.807, 2.05) is 0 Å². The molecule has 0 aliphatic carbocycles. The maximum Gasteiger partial charge on any atom is 0.250 e. The third-order valence-electron chi connectivity index (χ3n) is 2.21. The molecular weight excluding hydrogens is 298 g/mol. The van der Waals surface area contributed by atoms with Gasteiger partial charge in [-0.3, -0.25) is 0 Å². The van der Waals surface area contributed by atoms with E-state index in [0.717, 1.165) is 11.3 Å². The second-order valence-electron chi connectivity index (χ2n) is 3.48. The molecule has 0 fully saturated rings. The molecule has 0 saturated heterocycles. The van der Waals surface area contributed by atoms with Crippen molar-refractivity contribution in [2.45, 2.75) is 10.3 Å². The molecular formula is C10H10ClNO4S2. The summed E-state index contributed by atoms with van der Waals surface area (Å²) in [6, 6.07) is 4.49. The van der Waals surface area contributed by atoms with E-state index in [1.54, 1.807) is 6.07 Å². The van der Waals surface area contributed by atoms with Crippen LogP contribution in [0.25, 0.3) is 0 Å². The zero-order valence-electron chi connectivity index (χ0n) is 9.04. The molecule has 98 valence electrons. The first-order valence-corrected chi connectivity index (χ1v) is 7.62. The van der Waals surface area contributed by atoms with Crippen LogP contribution in [0.2, 0.25) is 4.34 Å². The fourth-order valence-electron chi connectivity index (χ4n) is 1.28. The number of halogens is 1. The molecule has 2 N–H and O–H groups in total. The van der Waals surface area contributed by atoms with Crippen LogP contribution in [0, 0.1) is 0 Å². The van der Waals surface area contributed by atoms with Gasteiger partial charge in [0.15, 0.2) is 0 Å². The molecule has 2 rings (SSSR count). The Morgan fingerprint density at radius 3 is 2.78 bits per heavy atom. The zero-order chi connectivity index (χ0) is 13.2. The summed E-state index contributed by atoms with van der Waals surface area (Å²) in [6.07, 6.45) is 1.82. The average Bonchev–Trinajstić information content (AvgIpc) is 2.96. The SMILES string of the molecule is O=S(=O)(NC[C@H](O)c1ccoc1)c1ccc(Cl)s1. The molecule has 0 amide bonds. The van der Waals surface area contributed by atoms with E-state index in [-0.39, 0.29) is 10.8 Å². The Kier molecular flexibility index (Phi) is 4.08. The van der Waals surface area contributed by atoms with Crippen LogP contribution in [0.15, 0.2) is 39.4 Å². The van der Waals surface area contributed by atoms with Crippen molar-refractivity contribution in [1.82, 2.24) is 4.72 Å². The molecule has 1 atom stereocenters. The fraction of sp³-hybridized carbons (Fsp3) is 0.200. The molecule has 2 heterocycles. The highest BCUT2D eigenvalue weighted by atomic mass is 35.5. The van der Waals surface area contributed by atoms with Crippen LogP contribution in [-0.2, 0) is 10.0 Å². The standard InChI is InChI=1S/C10H10ClNO4S2/c11-9-1-2-10(17-9)18(14,15)12-5-8(13)7-3-4-16-6-7/h1-4,6,8,12-13H,5H2/t8-/m0/s1. The van der Waals surface area contributed by atoms with Gasteiger partial charge in [0.25, 0.3) is 0 Å². The molecule has 0 aliphatic heterocycles. The molecule has 18 heavy (non-hydrogen) atoms. The van der Waals surface area contributed by atoms with Crippen molar-refractivity contribution in [3.05, 3.63) is 40.6 Å². The van der Waals surface area contributed by atoms with Crippen molar-refractivity contribution in [1.29, 1.82) is 0 Å². The Bertz CT molecular complexity index is 606. The van der Waals surface area contributed by atoms with E-state index in [0.29, 0.717) is 9.90 Å². The molecule has 0 aromatic carbocycles. The van der Waals surface area contributed by atoms with Crippen LogP contribution in [-0.4, -0.2) is 20.1 Å². The van der Waals surface area contributed by atoms with Crippen molar-refractivity contribution in [3.63, 3.8) is 0 Å². The van der Waals surface area contributed by atoms with Crippen LogP contribution >= 0.6 is 22.9 Å². The van der Waals surface area contributed by atoms with Crippen molar-refractivity contribution in [3.8, 4) is 0 Å². The molecule has 0 bridgehead atoms. The molecule has 0 spiro atoms. The van der Waals surface area contributed by atoms with E-state index >= 15 is 0 Å². The summed E-state index contributed by atoms with van der Waals surface area (Å²) in [5, 5.41) is 9.72. The third kappa shape index (κ3) is 3.12. The maximum absolute atomic E-state index is 11.8. The smallest absolute Gasteiger partial charge is 0.250 e. The minimum atomic E-state index is -3.63. The van der Waals surface area contributed by atoms with Gasteiger partial charge in [-0.05, 0) is 18.2 Å². The quantitative estimate of drug-likeness (QED) is 0.885. The number of nitrogens with one attached hydrogen (secondary N) is 1. The van der Waals surface area contributed by atoms with Crippen molar-refractivity contribution in [2.24, 2.45) is 0 Å². The molecule has 0 saturated carbocycles. The summed E-state index contributed by atoms with van der Waals surface area (Å²) in [5.41, 5.74) is 0.516. The van der Waals surface area contributed by atoms with Crippen molar-refractivity contribution in [2.75, 3.05) is 6.54 Å². The lowest BCUT2D eigenvalue weighted by molar-refractivity contribution is 0.181. The summed E-state index contributed by atoms with van der Waals surface area (Å²) in [5.74, 6) is 0. The monoisotopic (exact) mass is 307 g/mol. The van der Waals surface area contributed by atoms with E-state index in [4.69, 9.17) is 16.0 Å². The Labute approximate surface area is 113 Å². The first-order chi connectivity index (χ1) is 8.49. The van der Waals surface area contributed by atoms with E-state index < -0.39 is 16.1 Å². The van der Waals surface area contributed by atoms with Gasteiger partial charge in [0, 0.05) is 12.1 Å². The minimum Gasteiger partial charge on any atom is -0.472 e. The normalized spacial score (nSPS) is 13.7. The molecule has 2 aromatic rings. The van der Waals surface area contributed by atoms with Crippen LogP contribution in [0.5, 0.6) is 0 Å². The number of furan rings is 1. The third-order valence-corrected chi connectivity index (χ3v) is 5.35. The Morgan fingerprint density at radius 2 is 2.22 bits per heavy atom. The Hall–Kier alpha value is -0.860. The molecule has 0 radical (unpaired) electrons. The van der Waals surface area contributed by atoms with Crippen molar-refractivity contribution < 1.29 is 17.9 Å². The summed E-state index contributed by atoms with van der Waals surface area (Å²) in [6.45, 7) is -0.128. The molecule has 2 aromatic heterocycles. The lowest BCUT2D eigenvalue weighted by Gasteiger charge is -2.09. The topological polar surface area (TPSA) is 79.5 Å². The van der Waals surface area contributed by atoms with Crippen molar-refractivity contribution >= 4 is 33.0 Å². The van der Waals surface area contributed by atoms with Gasteiger partial charge in [0.1, 0.15) is 4.21 Å². The number of aliphatic hydroxyl groups excluding tert-OH is 1. The first-order valence-electron chi connectivity index (χ1n) is 4.94. The van der Waals surface area contributed by atoms with E-state index in [9.17, 15) is 13.5 Å². The van der Waals surface area contributed by atoms with E-state index in [1.165, 1.54) is 24.7 Å². The van der Waals surface area contributed by atoms with Crippen LogP contribution in [0.1, 0.15) is 11.7 Å². The minimum absolute atomic E-state index is 0.117. The predicted octanol–water partition coefficient (Wildman–Crippen LogP) is 2.01. The number of hydrogen-bond acceptors (Lipinski definition) is 5. The van der Waals surface area contributed by atoms with Gasteiger partial charge in [0.2, 0.25) is 10.0 Å². The number of thiophene rings is 1. The fourth-order valence-corrected chi connectivity index (χ4v) is 3.85. The number of rotatable bonds is 5. The van der Waals surface area contributed by atoms with E-state index in [2.05, 4.69) is 4.72 Å². The average molecular weight is 308 g/mol. The van der Waals surface area contributed by atoms with Gasteiger partial charge >= 0.3 is 0 Å². The molecule has 8 heteroatoms. The Balaban J connectivity index is 2.02.